The Labute approximate surface area is 86.8 Å². The molecule has 0 bridgehead atoms. The maximum absolute atomic E-state index is 4.33. The molecule has 0 fully saturated rings. The number of hydrogen-bond acceptors (Lipinski definition) is 2. The Morgan fingerprint density at radius 3 is 2.36 bits per heavy atom. The van der Waals surface area contributed by atoms with Crippen LogP contribution in [0.5, 0.6) is 0 Å². The third-order valence-electron chi connectivity index (χ3n) is 2.64. The van der Waals surface area contributed by atoms with Gasteiger partial charge < -0.3 is 5.32 Å². The highest BCUT2D eigenvalue weighted by Gasteiger charge is 2.12. The zero-order valence-electron chi connectivity index (χ0n) is 9.49. The second kappa shape index (κ2) is 5.11. The van der Waals surface area contributed by atoms with E-state index in [1.807, 2.05) is 18.3 Å². The molecule has 0 radical (unpaired) electrons. The van der Waals surface area contributed by atoms with Gasteiger partial charge in [-0.3, -0.25) is 4.98 Å². The minimum absolute atomic E-state index is 0.327. The molecule has 1 aromatic heterocycles. The minimum atomic E-state index is 0.327. The molecule has 0 saturated heterocycles. The molecule has 2 heteroatoms. The topological polar surface area (TPSA) is 24.9 Å². The lowest BCUT2D eigenvalue weighted by molar-refractivity contribution is 0.385. The van der Waals surface area contributed by atoms with Gasteiger partial charge in [0.25, 0.3) is 0 Å². The van der Waals surface area contributed by atoms with Crippen LogP contribution < -0.4 is 5.32 Å². The van der Waals surface area contributed by atoms with E-state index in [1.165, 1.54) is 0 Å². The largest absolute Gasteiger partial charge is 0.306 e. The van der Waals surface area contributed by atoms with Crippen LogP contribution in [-0.2, 0) is 0 Å². The Hall–Kier alpha value is -0.890. The van der Waals surface area contributed by atoms with Gasteiger partial charge in [-0.1, -0.05) is 19.9 Å². The van der Waals surface area contributed by atoms with Crippen LogP contribution in [0.3, 0.4) is 0 Å². The van der Waals surface area contributed by atoms with Crippen LogP contribution in [0.4, 0.5) is 0 Å². The maximum Gasteiger partial charge on any atom is 0.0570 e. The third-order valence-corrected chi connectivity index (χ3v) is 2.64. The molecule has 0 amide bonds. The SMILES string of the molecule is CC(C)[C@H](C)N[C@H](C)c1ccccn1. The molecule has 0 aliphatic rings. The van der Waals surface area contributed by atoms with Crippen LogP contribution in [-0.4, -0.2) is 11.0 Å². The van der Waals surface area contributed by atoms with E-state index in [4.69, 9.17) is 0 Å². The minimum Gasteiger partial charge on any atom is -0.306 e. The molecule has 2 nitrogen and oxygen atoms in total. The van der Waals surface area contributed by atoms with E-state index in [9.17, 15) is 0 Å². The normalized spacial score (nSPS) is 15.5. The number of nitrogens with one attached hydrogen (secondary N) is 1. The van der Waals surface area contributed by atoms with E-state index in [0.29, 0.717) is 18.0 Å². The van der Waals surface area contributed by atoms with Crippen molar-refractivity contribution in [2.45, 2.75) is 39.8 Å². The molecule has 0 aromatic carbocycles. The molecule has 78 valence electrons. The van der Waals surface area contributed by atoms with Crippen molar-refractivity contribution in [2.24, 2.45) is 5.92 Å². The number of hydrogen-bond donors (Lipinski definition) is 1. The maximum atomic E-state index is 4.33. The first-order valence-electron chi connectivity index (χ1n) is 5.28. The van der Waals surface area contributed by atoms with Crippen LogP contribution in [0.1, 0.15) is 39.4 Å². The van der Waals surface area contributed by atoms with E-state index in [1.54, 1.807) is 0 Å². The summed E-state index contributed by atoms with van der Waals surface area (Å²) in [5.41, 5.74) is 1.11. The van der Waals surface area contributed by atoms with Crippen LogP contribution in [0.15, 0.2) is 24.4 Å². The van der Waals surface area contributed by atoms with Crippen molar-refractivity contribution < 1.29 is 0 Å². The summed E-state index contributed by atoms with van der Waals surface area (Å²) in [6, 6.07) is 6.88. The number of pyridine rings is 1. The van der Waals surface area contributed by atoms with Crippen LogP contribution in [0, 0.1) is 5.92 Å². The highest BCUT2D eigenvalue weighted by atomic mass is 15.0. The molecule has 1 N–H and O–H groups in total. The monoisotopic (exact) mass is 192 g/mol. The second-order valence-corrected chi connectivity index (χ2v) is 4.18. The quantitative estimate of drug-likeness (QED) is 0.793. The van der Waals surface area contributed by atoms with Gasteiger partial charge in [0.2, 0.25) is 0 Å². The number of rotatable bonds is 4. The van der Waals surface area contributed by atoms with Crippen LogP contribution >= 0.6 is 0 Å². The fraction of sp³-hybridized carbons (Fsp3) is 0.583. The van der Waals surface area contributed by atoms with Crippen molar-refractivity contribution >= 4 is 0 Å². The van der Waals surface area contributed by atoms with Gasteiger partial charge >= 0.3 is 0 Å². The Balaban J connectivity index is 2.55. The first-order valence-corrected chi connectivity index (χ1v) is 5.28. The zero-order valence-corrected chi connectivity index (χ0v) is 9.49. The molecule has 1 heterocycles. The molecule has 1 rings (SSSR count). The van der Waals surface area contributed by atoms with Crippen molar-refractivity contribution in [1.82, 2.24) is 10.3 Å². The average molecular weight is 192 g/mol. The van der Waals surface area contributed by atoms with E-state index < -0.39 is 0 Å². The van der Waals surface area contributed by atoms with Crippen molar-refractivity contribution in [3.63, 3.8) is 0 Å². The predicted molar refractivity (Wildman–Crippen MR) is 60.1 cm³/mol. The van der Waals surface area contributed by atoms with Crippen molar-refractivity contribution in [1.29, 1.82) is 0 Å². The van der Waals surface area contributed by atoms with Gasteiger partial charge in [-0.05, 0) is 31.9 Å². The first-order chi connectivity index (χ1) is 6.61. The summed E-state index contributed by atoms with van der Waals surface area (Å²) in [5.74, 6) is 0.654. The lowest BCUT2D eigenvalue weighted by Crippen LogP contribution is -2.33. The van der Waals surface area contributed by atoms with Crippen molar-refractivity contribution in [3.05, 3.63) is 30.1 Å². The first kappa shape index (κ1) is 11.2. The van der Waals surface area contributed by atoms with Crippen LogP contribution in [0.2, 0.25) is 0 Å². The second-order valence-electron chi connectivity index (χ2n) is 4.18. The molecule has 0 saturated carbocycles. The molecule has 0 spiro atoms. The summed E-state index contributed by atoms with van der Waals surface area (Å²) >= 11 is 0. The Kier molecular flexibility index (Phi) is 4.08. The average Bonchev–Trinajstić information content (AvgIpc) is 2.19. The molecule has 0 unspecified atom stereocenters. The Morgan fingerprint density at radius 1 is 1.14 bits per heavy atom. The smallest absolute Gasteiger partial charge is 0.0570 e. The molecular weight excluding hydrogens is 172 g/mol. The highest BCUT2D eigenvalue weighted by molar-refractivity contribution is 5.07. The lowest BCUT2D eigenvalue weighted by atomic mass is 10.0. The Bertz CT molecular complexity index is 256. The third kappa shape index (κ3) is 3.11. The van der Waals surface area contributed by atoms with E-state index in [0.717, 1.165) is 5.69 Å². The van der Waals surface area contributed by atoms with Gasteiger partial charge in [0, 0.05) is 18.3 Å². The van der Waals surface area contributed by atoms with Crippen molar-refractivity contribution in [3.8, 4) is 0 Å². The molecule has 14 heavy (non-hydrogen) atoms. The van der Waals surface area contributed by atoms with E-state index in [2.05, 4.69) is 44.1 Å². The van der Waals surface area contributed by atoms with Gasteiger partial charge in [-0.25, -0.2) is 0 Å². The fourth-order valence-corrected chi connectivity index (χ4v) is 1.30. The highest BCUT2D eigenvalue weighted by Crippen LogP contribution is 2.11. The van der Waals surface area contributed by atoms with E-state index in [-0.39, 0.29) is 0 Å². The van der Waals surface area contributed by atoms with E-state index >= 15 is 0 Å². The molecule has 2 atom stereocenters. The molecular formula is C12H20N2. The number of aromatic nitrogens is 1. The van der Waals surface area contributed by atoms with Crippen LogP contribution in [0.25, 0.3) is 0 Å². The molecule has 0 aliphatic heterocycles. The lowest BCUT2D eigenvalue weighted by Gasteiger charge is -2.22. The summed E-state index contributed by atoms with van der Waals surface area (Å²) in [6.07, 6.45) is 1.84. The summed E-state index contributed by atoms with van der Waals surface area (Å²) in [7, 11) is 0. The van der Waals surface area contributed by atoms with Gasteiger partial charge in [0.05, 0.1) is 5.69 Å². The summed E-state index contributed by atoms with van der Waals surface area (Å²) < 4.78 is 0. The van der Waals surface area contributed by atoms with Crippen molar-refractivity contribution in [2.75, 3.05) is 0 Å². The fourth-order valence-electron chi connectivity index (χ4n) is 1.30. The zero-order chi connectivity index (χ0) is 10.6. The number of nitrogens with zero attached hydrogens (tertiary/aromatic N) is 1. The summed E-state index contributed by atoms with van der Waals surface area (Å²) in [4.78, 5) is 4.33. The predicted octanol–water partition coefficient (Wildman–Crippen LogP) is 2.78. The van der Waals surface area contributed by atoms with Gasteiger partial charge in [0.1, 0.15) is 0 Å². The Morgan fingerprint density at radius 2 is 1.86 bits per heavy atom. The summed E-state index contributed by atoms with van der Waals surface area (Å²) in [5, 5.41) is 3.53. The summed E-state index contributed by atoms with van der Waals surface area (Å²) in [6.45, 7) is 8.82. The standard InChI is InChI=1S/C12H20N2/c1-9(2)10(3)14-11(4)12-7-5-6-8-13-12/h5-11,14H,1-4H3/t10-,11+/m0/s1. The van der Waals surface area contributed by atoms with Gasteiger partial charge in [-0.2, -0.15) is 0 Å². The van der Waals surface area contributed by atoms with Gasteiger partial charge in [0.15, 0.2) is 0 Å². The molecule has 1 aromatic rings. The molecule has 0 aliphatic carbocycles. The van der Waals surface area contributed by atoms with Gasteiger partial charge in [-0.15, -0.1) is 0 Å².